The van der Waals surface area contributed by atoms with Crippen LogP contribution in [0.2, 0.25) is 0 Å². The molecule has 3 heterocycles. The number of carbonyl (C=O) groups is 1. The quantitative estimate of drug-likeness (QED) is 0.365. The summed E-state index contributed by atoms with van der Waals surface area (Å²) >= 11 is 1.16. The summed E-state index contributed by atoms with van der Waals surface area (Å²) in [6, 6.07) is 4.65. The highest BCUT2D eigenvalue weighted by Crippen LogP contribution is 2.39. The second-order valence-corrected chi connectivity index (χ2v) is 10.9. The fraction of sp³-hybridized carbons (Fsp3) is 0.640. The van der Waals surface area contributed by atoms with Gasteiger partial charge in [-0.1, -0.05) is 17.4 Å². The molecule has 0 saturated heterocycles. The van der Waals surface area contributed by atoms with E-state index in [-0.39, 0.29) is 22.5 Å². The van der Waals surface area contributed by atoms with Crippen molar-refractivity contribution in [3.63, 3.8) is 0 Å². The van der Waals surface area contributed by atoms with Crippen molar-refractivity contribution in [1.29, 1.82) is 0 Å². The molecule has 36 heavy (non-hydrogen) atoms. The standard InChI is InChI=1S/C25H31F4N3O3S/c1-31-19(3-2-4-22(31)34)20(33)15-17-5-9-24(26,10-6-17)11-14-32-12-7-18-21(8-13-32)36-23(30-18)35-16-25(27,28)29/h2-4,17H,5-16H2,1H3. The molecule has 2 aromatic heterocycles. The molecular formula is C25H31F4N3O3S. The van der Waals surface area contributed by atoms with Crippen LogP contribution in [0.5, 0.6) is 5.19 Å². The molecule has 0 N–H and O–H groups in total. The highest BCUT2D eigenvalue weighted by atomic mass is 32.1. The molecule has 1 aliphatic heterocycles. The van der Waals surface area contributed by atoms with Gasteiger partial charge in [-0.05, 0) is 50.5 Å². The molecule has 0 spiro atoms. The van der Waals surface area contributed by atoms with Crippen molar-refractivity contribution in [2.75, 3.05) is 26.2 Å². The van der Waals surface area contributed by atoms with Crippen molar-refractivity contribution in [2.24, 2.45) is 13.0 Å². The zero-order valence-electron chi connectivity index (χ0n) is 20.3. The third kappa shape index (κ3) is 6.94. The summed E-state index contributed by atoms with van der Waals surface area (Å²) in [4.78, 5) is 31.8. The van der Waals surface area contributed by atoms with E-state index in [2.05, 4.69) is 9.88 Å². The minimum absolute atomic E-state index is 0.0539. The Balaban J connectivity index is 1.21. The Morgan fingerprint density at radius 2 is 1.94 bits per heavy atom. The summed E-state index contributed by atoms with van der Waals surface area (Å²) in [5, 5.41) is 0.0539. The van der Waals surface area contributed by atoms with Crippen LogP contribution in [0.15, 0.2) is 23.0 Å². The number of nitrogens with zero attached hydrogens (tertiary/aromatic N) is 3. The second-order valence-electron chi connectivity index (χ2n) is 9.87. The minimum Gasteiger partial charge on any atom is -0.460 e. The number of Topliss-reactive ketones (excluding diaryl/α,β-unsaturated/α-hetero) is 1. The number of fused-ring (bicyclic) bond motifs is 1. The van der Waals surface area contributed by atoms with Crippen molar-refractivity contribution < 1.29 is 27.1 Å². The van der Waals surface area contributed by atoms with Gasteiger partial charge in [0.1, 0.15) is 5.67 Å². The lowest BCUT2D eigenvalue weighted by molar-refractivity contribution is -0.153. The van der Waals surface area contributed by atoms with E-state index in [0.29, 0.717) is 76.7 Å². The Kier molecular flexibility index (Phi) is 8.18. The third-order valence-corrected chi connectivity index (χ3v) is 8.33. The van der Waals surface area contributed by atoms with Crippen LogP contribution in [0.4, 0.5) is 17.6 Å². The number of pyridine rings is 1. The molecule has 0 amide bonds. The zero-order valence-corrected chi connectivity index (χ0v) is 21.1. The third-order valence-electron chi connectivity index (χ3n) is 7.26. The van der Waals surface area contributed by atoms with E-state index in [0.717, 1.165) is 21.9 Å². The maximum atomic E-state index is 15.5. The average molecular weight is 530 g/mol. The highest BCUT2D eigenvalue weighted by molar-refractivity contribution is 7.13. The van der Waals surface area contributed by atoms with Gasteiger partial charge >= 0.3 is 6.18 Å². The average Bonchev–Trinajstić information content (AvgIpc) is 3.12. The number of hydrogen-bond donors (Lipinski definition) is 0. The Labute approximate surface area is 211 Å². The lowest BCUT2D eigenvalue weighted by Gasteiger charge is -2.35. The van der Waals surface area contributed by atoms with Crippen LogP contribution in [0.25, 0.3) is 0 Å². The number of halogens is 4. The summed E-state index contributed by atoms with van der Waals surface area (Å²) in [7, 11) is 1.59. The van der Waals surface area contributed by atoms with Crippen LogP contribution < -0.4 is 10.3 Å². The molecule has 6 nitrogen and oxygen atoms in total. The smallest absolute Gasteiger partial charge is 0.422 e. The van der Waals surface area contributed by atoms with Crippen molar-refractivity contribution in [3.8, 4) is 5.19 Å². The fourth-order valence-electron chi connectivity index (χ4n) is 5.03. The van der Waals surface area contributed by atoms with Crippen molar-refractivity contribution in [1.82, 2.24) is 14.5 Å². The lowest BCUT2D eigenvalue weighted by Crippen LogP contribution is -2.36. The summed E-state index contributed by atoms with van der Waals surface area (Å²) in [6.07, 6.45) is -0.261. The van der Waals surface area contributed by atoms with Crippen molar-refractivity contribution >= 4 is 17.1 Å². The van der Waals surface area contributed by atoms with Crippen LogP contribution in [0.3, 0.4) is 0 Å². The predicted octanol–water partition coefficient (Wildman–Crippen LogP) is 4.75. The molecular weight excluding hydrogens is 498 g/mol. The molecule has 1 aliphatic carbocycles. The van der Waals surface area contributed by atoms with Crippen LogP contribution >= 0.6 is 11.3 Å². The van der Waals surface area contributed by atoms with Gasteiger partial charge in [0.05, 0.1) is 11.4 Å². The van der Waals surface area contributed by atoms with E-state index in [9.17, 15) is 22.8 Å². The van der Waals surface area contributed by atoms with E-state index in [1.165, 1.54) is 10.6 Å². The molecule has 4 rings (SSSR count). The number of ketones is 1. The van der Waals surface area contributed by atoms with E-state index < -0.39 is 18.5 Å². The topological polar surface area (TPSA) is 64.4 Å². The number of carbonyl (C=O) groups excluding carboxylic acids is 1. The van der Waals surface area contributed by atoms with Gasteiger partial charge in [0.15, 0.2) is 12.4 Å². The number of rotatable bonds is 8. The van der Waals surface area contributed by atoms with Gasteiger partial charge < -0.3 is 14.2 Å². The first kappa shape index (κ1) is 26.8. The monoisotopic (exact) mass is 529 g/mol. The zero-order chi connectivity index (χ0) is 25.9. The van der Waals surface area contributed by atoms with Gasteiger partial charge in [-0.15, -0.1) is 0 Å². The highest BCUT2D eigenvalue weighted by Gasteiger charge is 2.36. The first-order valence-electron chi connectivity index (χ1n) is 12.3. The van der Waals surface area contributed by atoms with E-state index >= 15 is 4.39 Å². The molecule has 0 unspecified atom stereocenters. The van der Waals surface area contributed by atoms with Gasteiger partial charge in [0.25, 0.3) is 10.8 Å². The minimum atomic E-state index is -4.39. The Hall–Kier alpha value is -2.27. The predicted molar refractivity (Wildman–Crippen MR) is 129 cm³/mol. The molecule has 2 aliphatic rings. The van der Waals surface area contributed by atoms with Crippen molar-refractivity contribution in [2.45, 2.75) is 63.2 Å². The van der Waals surface area contributed by atoms with Gasteiger partial charge in [-0.25, -0.2) is 9.37 Å². The molecule has 11 heteroatoms. The molecule has 0 radical (unpaired) electrons. The molecule has 198 valence electrons. The molecule has 0 aromatic carbocycles. The summed E-state index contributed by atoms with van der Waals surface area (Å²) in [5.74, 6) is 0.0369. The van der Waals surface area contributed by atoms with Gasteiger partial charge in [0, 0.05) is 50.5 Å². The Morgan fingerprint density at radius 1 is 1.22 bits per heavy atom. The van der Waals surface area contributed by atoms with Crippen LogP contribution in [0, 0.1) is 5.92 Å². The first-order valence-corrected chi connectivity index (χ1v) is 13.1. The largest absolute Gasteiger partial charge is 0.460 e. The number of hydrogen-bond acceptors (Lipinski definition) is 6. The number of ether oxygens (including phenoxy) is 1. The van der Waals surface area contributed by atoms with E-state index in [1.54, 1.807) is 19.2 Å². The van der Waals surface area contributed by atoms with E-state index in [4.69, 9.17) is 4.74 Å². The molecule has 0 bridgehead atoms. The maximum absolute atomic E-state index is 15.5. The SMILES string of the molecule is Cn1c(C(=O)CC2CCC(F)(CCN3CCc4nc(OCC(F)(F)F)sc4CC3)CC2)cccc1=O. The van der Waals surface area contributed by atoms with Gasteiger partial charge in [-0.2, -0.15) is 13.2 Å². The summed E-state index contributed by atoms with van der Waals surface area (Å²) in [5.41, 5.74) is -0.312. The van der Waals surface area contributed by atoms with E-state index in [1.807, 2.05) is 0 Å². The summed E-state index contributed by atoms with van der Waals surface area (Å²) < 4.78 is 58.8. The molecule has 1 saturated carbocycles. The molecule has 1 fully saturated rings. The first-order chi connectivity index (χ1) is 17.0. The summed E-state index contributed by atoms with van der Waals surface area (Å²) in [6.45, 7) is 0.652. The Morgan fingerprint density at radius 3 is 2.67 bits per heavy atom. The number of thiazole rings is 1. The van der Waals surface area contributed by atoms with Crippen LogP contribution in [-0.4, -0.2) is 58.3 Å². The van der Waals surface area contributed by atoms with Crippen LogP contribution in [-0.2, 0) is 19.9 Å². The van der Waals surface area contributed by atoms with Crippen LogP contribution in [0.1, 0.15) is 59.6 Å². The van der Waals surface area contributed by atoms with Crippen molar-refractivity contribution in [3.05, 3.63) is 44.8 Å². The number of alkyl halides is 4. The lowest BCUT2D eigenvalue weighted by atomic mass is 9.76. The normalized spacial score (nSPS) is 23.2. The number of aromatic nitrogens is 2. The molecule has 0 atom stereocenters. The molecule has 2 aromatic rings. The maximum Gasteiger partial charge on any atom is 0.422 e. The van der Waals surface area contributed by atoms with Gasteiger partial charge in [0.2, 0.25) is 0 Å². The van der Waals surface area contributed by atoms with Gasteiger partial charge in [-0.3, -0.25) is 9.59 Å². The second kappa shape index (κ2) is 11.0. The fourth-order valence-corrected chi connectivity index (χ4v) is 5.98. The Bertz CT molecular complexity index is 1100.